The van der Waals surface area contributed by atoms with E-state index in [0.717, 1.165) is 5.56 Å². The highest BCUT2D eigenvalue weighted by molar-refractivity contribution is 6.31. The van der Waals surface area contributed by atoms with Crippen LogP contribution < -0.4 is 14.8 Å². The Kier molecular flexibility index (Phi) is 6.98. The van der Waals surface area contributed by atoms with Gasteiger partial charge in [-0.3, -0.25) is 14.9 Å². The Morgan fingerprint density at radius 1 is 1.03 bits per heavy atom. The number of furan rings is 1. The number of hydrogen-bond donors (Lipinski definition) is 1. The van der Waals surface area contributed by atoms with Crippen molar-refractivity contribution in [1.29, 1.82) is 0 Å². The zero-order valence-corrected chi connectivity index (χ0v) is 19.0. The van der Waals surface area contributed by atoms with E-state index in [0.29, 0.717) is 22.3 Å². The molecule has 3 aromatic carbocycles. The summed E-state index contributed by atoms with van der Waals surface area (Å²) in [5, 5.41) is 14.5. The fourth-order valence-corrected chi connectivity index (χ4v) is 3.21. The van der Waals surface area contributed by atoms with E-state index in [1.165, 1.54) is 48.5 Å². The van der Waals surface area contributed by atoms with Crippen molar-refractivity contribution in [2.75, 3.05) is 5.32 Å². The number of rotatable bonds is 8. The van der Waals surface area contributed by atoms with E-state index < -0.39 is 10.8 Å². The van der Waals surface area contributed by atoms with Gasteiger partial charge in [0.15, 0.2) is 5.76 Å². The second-order valence-corrected chi connectivity index (χ2v) is 7.86. The molecule has 10 heteroatoms. The lowest BCUT2D eigenvalue weighted by Crippen LogP contribution is -2.11. The van der Waals surface area contributed by atoms with Crippen LogP contribution in [-0.4, -0.2) is 10.8 Å². The molecule has 0 aliphatic rings. The molecule has 4 rings (SSSR count). The van der Waals surface area contributed by atoms with Crippen LogP contribution in [0.25, 0.3) is 0 Å². The van der Waals surface area contributed by atoms with Crippen LogP contribution in [0.3, 0.4) is 0 Å². The predicted molar refractivity (Wildman–Crippen MR) is 127 cm³/mol. The molecule has 0 unspecified atom stereocenters. The minimum atomic E-state index is -0.619. The van der Waals surface area contributed by atoms with E-state index in [4.69, 9.17) is 25.5 Å². The second-order valence-electron chi connectivity index (χ2n) is 7.45. The maximum absolute atomic E-state index is 13.0. The zero-order chi connectivity index (χ0) is 24.9. The van der Waals surface area contributed by atoms with Gasteiger partial charge in [-0.15, -0.1) is 0 Å². The van der Waals surface area contributed by atoms with Gasteiger partial charge in [-0.1, -0.05) is 11.6 Å². The monoisotopic (exact) mass is 496 g/mol. The molecule has 0 saturated carbocycles. The van der Waals surface area contributed by atoms with Crippen LogP contribution >= 0.6 is 11.6 Å². The first-order valence-corrected chi connectivity index (χ1v) is 10.7. The number of carbonyl (C=O) groups is 1. The van der Waals surface area contributed by atoms with Gasteiger partial charge in [0.1, 0.15) is 35.4 Å². The summed E-state index contributed by atoms with van der Waals surface area (Å²) in [5.74, 6) is 0.365. The lowest BCUT2D eigenvalue weighted by molar-refractivity contribution is -0.384. The fraction of sp³-hybridized carbons (Fsp3) is 0.0800. The Morgan fingerprint density at radius 2 is 1.77 bits per heavy atom. The van der Waals surface area contributed by atoms with Gasteiger partial charge in [-0.05, 0) is 67.1 Å². The number of nitrogens with one attached hydrogen (secondary N) is 1. The van der Waals surface area contributed by atoms with E-state index in [9.17, 15) is 19.3 Å². The summed E-state index contributed by atoms with van der Waals surface area (Å²) >= 11 is 6.03. The highest BCUT2D eigenvalue weighted by Crippen LogP contribution is 2.31. The molecule has 35 heavy (non-hydrogen) atoms. The molecular weight excluding hydrogens is 479 g/mol. The molecular formula is C25H18ClFN2O6. The Labute approximate surface area is 204 Å². The normalized spacial score (nSPS) is 10.6. The van der Waals surface area contributed by atoms with E-state index in [-0.39, 0.29) is 35.3 Å². The van der Waals surface area contributed by atoms with Gasteiger partial charge in [0.05, 0.1) is 16.7 Å². The zero-order valence-electron chi connectivity index (χ0n) is 18.3. The average Bonchev–Trinajstić information content (AvgIpc) is 3.30. The molecule has 0 saturated heterocycles. The summed E-state index contributed by atoms with van der Waals surface area (Å²) in [6, 6.07) is 17.4. The molecule has 0 fully saturated rings. The average molecular weight is 497 g/mol. The van der Waals surface area contributed by atoms with E-state index in [1.54, 1.807) is 31.2 Å². The van der Waals surface area contributed by atoms with Gasteiger partial charge in [-0.2, -0.15) is 0 Å². The Morgan fingerprint density at radius 3 is 2.49 bits per heavy atom. The first-order chi connectivity index (χ1) is 16.8. The first kappa shape index (κ1) is 23.8. The van der Waals surface area contributed by atoms with Crippen LogP contribution in [0.4, 0.5) is 15.8 Å². The molecule has 1 amide bonds. The maximum atomic E-state index is 13.0. The van der Waals surface area contributed by atoms with Crippen molar-refractivity contribution < 1.29 is 28.0 Å². The third kappa shape index (κ3) is 6.15. The minimum absolute atomic E-state index is 0.0220. The molecule has 178 valence electrons. The number of non-ortho nitro benzene ring substituents is 1. The van der Waals surface area contributed by atoms with Gasteiger partial charge in [0.2, 0.25) is 0 Å². The van der Waals surface area contributed by atoms with Gasteiger partial charge in [0, 0.05) is 17.2 Å². The Balaban J connectivity index is 1.46. The van der Waals surface area contributed by atoms with Crippen LogP contribution in [-0.2, 0) is 6.61 Å². The van der Waals surface area contributed by atoms with Crippen LogP contribution in [0, 0.1) is 22.9 Å². The lowest BCUT2D eigenvalue weighted by Gasteiger charge is -2.10. The number of nitro benzene ring substituents is 1. The van der Waals surface area contributed by atoms with Gasteiger partial charge < -0.3 is 19.2 Å². The maximum Gasteiger partial charge on any atom is 0.291 e. The van der Waals surface area contributed by atoms with Crippen molar-refractivity contribution in [2.45, 2.75) is 13.5 Å². The number of benzene rings is 3. The number of carbonyl (C=O) groups excluding carboxylic acids is 1. The van der Waals surface area contributed by atoms with Crippen LogP contribution in [0.5, 0.6) is 17.2 Å². The molecule has 1 aromatic heterocycles. The smallest absolute Gasteiger partial charge is 0.291 e. The van der Waals surface area contributed by atoms with Crippen molar-refractivity contribution in [3.63, 3.8) is 0 Å². The number of ether oxygens (including phenoxy) is 2. The molecule has 1 heterocycles. The summed E-state index contributed by atoms with van der Waals surface area (Å²) in [5.41, 5.74) is 0.655. The van der Waals surface area contributed by atoms with Crippen molar-refractivity contribution >= 4 is 28.9 Å². The van der Waals surface area contributed by atoms with Gasteiger partial charge >= 0.3 is 0 Å². The summed E-state index contributed by atoms with van der Waals surface area (Å²) < 4.78 is 29.7. The number of amides is 1. The molecule has 4 aromatic rings. The standard InChI is InChI=1S/C25H18ClFN2O6/c1-15-10-20(6-8-23(15)26)34-22-12-17(11-18(13-22)29(31)32)28-25(30)24-9-7-21(35-24)14-33-19-4-2-16(27)3-5-19/h2-13H,14H2,1H3,(H,28,30). The van der Waals surface area contributed by atoms with Crippen molar-refractivity contribution in [3.8, 4) is 17.2 Å². The Bertz CT molecular complexity index is 1390. The van der Waals surface area contributed by atoms with E-state index in [1.807, 2.05) is 0 Å². The first-order valence-electron chi connectivity index (χ1n) is 10.3. The number of aryl methyl sites for hydroxylation is 1. The highest BCUT2D eigenvalue weighted by atomic mass is 35.5. The SMILES string of the molecule is Cc1cc(Oc2cc(NC(=O)c3ccc(COc4ccc(F)cc4)o3)cc([N+](=O)[O-])c2)ccc1Cl. The summed E-state index contributed by atoms with van der Waals surface area (Å²) in [7, 11) is 0. The molecule has 0 aliphatic carbocycles. The predicted octanol–water partition coefficient (Wildman–Crippen LogP) is 6.91. The van der Waals surface area contributed by atoms with Crippen molar-refractivity contribution in [3.05, 3.63) is 111 Å². The Hall–Kier alpha value is -4.37. The largest absolute Gasteiger partial charge is 0.486 e. The quantitative estimate of drug-likeness (QED) is 0.210. The molecule has 0 atom stereocenters. The third-order valence-electron chi connectivity index (χ3n) is 4.81. The molecule has 1 N–H and O–H groups in total. The van der Waals surface area contributed by atoms with Crippen LogP contribution in [0.15, 0.2) is 77.2 Å². The highest BCUT2D eigenvalue weighted by Gasteiger charge is 2.16. The van der Waals surface area contributed by atoms with Crippen molar-refractivity contribution in [2.24, 2.45) is 0 Å². The number of anilines is 1. The second kappa shape index (κ2) is 10.3. The molecule has 8 nitrogen and oxygen atoms in total. The summed E-state index contributed by atoms with van der Waals surface area (Å²) in [4.78, 5) is 23.5. The molecule has 0 radical (unpaired) electrons. The van der Waals surface area contributed by atoms with Crippen molar-refractivity contribution in [1.82, 2.24) is 0 Å². The lowest BCUT2D eigenvalue weighted by atomic mass is 10.2. The molecule has 0 aliphatic heterocycles. The summed E-state index contributed by atoms with van der Waals surface area (Å²) in [6.45, 7) is 1.82. The fourth-order valence-electron chi connectivity index (χ4n) is 3.09. The van der Waals surface area contributed by atoms with E-state index in [2.05, 4.69) is 5.32 Å². The van der Waals surface area contributed by atoms with Crippen LogP contribution in [0.2, 0.25) is 5.02 Å². The van der Waals surface area contributed by atoms with Crippen LogP contribution in [0.1, 0.15) is 21.9 Å². The topological polar surface area (TPSA) is 104 Å². The molecule has 0 bridgehead atoms. The number of hydrogen-bond acceptors (Lipinski definition) is 6. The molecule has 0 spiro atoms. The summed E-state index contributed by atoms with van der Waals surface area (Å²) in [6.07, 6.45) is 0. The number of halogens is 2. The van der Waals surface area contributed by atoms with Gasteiger partial charge in [-0.25, -0.2) is 4.39 Å². The van der Waals surface area contributed by atoms with E-state index >= 15 is 0 Å². The third-order valence-corrected chi connectivity index (χ3v) is 5.23. The van der Waals surface area contributed by atoms with Gasteiger partial charge in [0.25, 0.3) is 11.6 Å². The minimum Gasteiger partial charge on any atom is -0.486 e. The number of nitro groups is 1. The number of nitrogens with zero attached hydrogens (tertiary/aromatic N) is 1.